The summed E-state index contributed by atoms with van der Waals surface area (Å²) >= 11 is 0. The fraction of sp³-hybridized carbons (Fsp3) is 0.318. The van der Waals surface area contributed by atoms with Crippen LogP contribution in [0.1, 0.15) is 40.5 Å². The molecule has 0 radical (unpaired) electrons. The highest BCUT2D eigenvalue weighted by atomic mass is 16.5. The molecule has 0 aliphatic carbocycles. The molecule has 0 saturated heterocycles. The number of para-hydroxylation sites is 1. The third-order valence-electron chi connectivity index (χ3n) is 4.20. The second kappa shape index (κ2) is 11.5. The molecule has 8 heteroatoms. The van der Waals surface area contributed by atoms with Crippen molar-refractivity contribution in [1.29, 1.82) is 0 Å². The van der Waals surface area contributed by atoms with E-state index >= 15 is 0 Å². The van der Waals surface area contributed by atoms with Crippen LogP contribution in [0.4, 0.5) is 5.69 Å². The molecule has 0 spiro atoms. The summed E-state index contributed by atoms with van der Waals surface area (Å²) in [6.45, 7) is 2.63. The van der Waals surface area contributed by atoms with Gasteiger partial charge >= 0.3 is 5.97 Å². The summed E-state index contributed by atoms with van der Waals surface area (Å²) < 4.78 is 15.3. The number of ether oxygens (including phenoxy) is 3. The lowest BCUT2D eigenvalue weighted by molar-refractivity contribution is -0.116. The van der Waals surface area contributed by atoms with E-state index < -0.39 is 5.97 Å². The summed E-state index contributed by atoms with van der Waals surface area (Å²) in [7, 11) is 2.75. The second-order valence-corrected chi connectivity index (χ2v) is 6.24. The molecule has 2 aromatic carbocycles. The highest BCUT2D eigenvalue weighted by Crippen LogP contribution is 2.23. The first-order chi connectivity index (χ1) is 14.5. The molecule has 8 nitrogen and oxygen atoms in total. The van der Waals surface area contributed by atoms with Gasteiger partial charge in [0.25, 0.3) is 5.91 Å². The Morgan fingerprint density at radius 1 is 1.00 bits per heavy atom. The summed E-state index contributed by atoms with van der Waals surface area (Å²) in [6, 6.07) is 11.7. The van der Waals surface area contributed by atoms with Crippen LogP contribution in [0.25, 0.3) is 0 Å². The predicted molar refractivity (Wildman–Crippen MR) is 112 cm³/mol. The van der Waals surface area contributed by atoms with Gasteiger partial charge < -0.3 is 24.8 Å². The van der Waals surface area contributed by atoms with Crippen LogP contribution in [0, 0.1) is 0 Å². The van der Waals surface area contributed by atoms with Gasteiger partial charge in [0.05, 0.1) is 37.6 Å². The zero-order chi connectivity index (χ0) is 21.9. The maximum absolute atomic E-state index is 12.3. The van der Waals surface area contributed by atoms with Gasteiger partial charge in [0.2, 0.25) is 5.91 Å². The number of hydrogen-bond donors (Lipinski definition) is 2. The number of anilines is 1. The van der Waals surface area contributed by atoms with Gasteiger partial charge in [-0.15, -0.1) is 0 Å². The number of carbonyl (C=O) groups excluding carboxylic acids is 3. The Morgan fingerprint density at radius 3 is 2.47 bits per heavy atom. The van der Waals surface area contributed by atoms with Gasteiger partial charge in [0, 0.05) is 13.0 Å². The van der Waals surface area contributed by atoms with Gasteiger partial charge in [0.15, 0.2) is 0 Å². The molecule has 0 aromatic heterocycles. The van der Waals surface area contributed by atoms with Crippen LogP contribution in [-0.2, 0) is 9.53 Å². The lowest BCUT2D eigenvalue weighted by atomic mass is 10.1. The van der Waals surface area contributed by atoms with Gasteiger partial charge in [-0.25, -0.2) is 4.79 Å². The van der Waals surface area contributed by atoms with Crippen molar-refractivity contribution in [3.8, 4) is 11.5 Å². The van der Waals surface area contributed by atoms with Crippen LogP contribution in [0.3, 0.4) is 0 Å². The molecule has 0 unspecified atom stereocenters. The molecule has 0 heterocycles. The molecule has 2 N–H and O–H groups in total. The summed E-state index contributed by atoms with van der Waals surface area (Å²) in [5.41, 5.74) is 0.984. The van der Waals surface area contributed by atoms with Crippen molar-refractivity contribution < 1.29 is 28.6 Å². The molecular formula is C22H26N2O6. The minimum atomic E-state index is -0.579. The predicted octanol–water partition coefficient (Wildman–Crippen LogP) is 3.03. The number of nitrogens with one attached hydrogen (secondary N) is 2. The molecule has 30 heavy (non-hydrogen) atoms. The molecule has 160 valence electrons. The summed E-state index contributed by atoms with van der Waals surface area (Å²) in [5.74, 6) is -0.130. The van der Waals surface area contributed by atoms with Crippen LogP contribution in [0.5, 0.6) is 11.5 Å². The zero-order valence-corrected chi connectivity index (χ0v) is 17.3. The van der Waals surface area contributed by atoms with Crippen LogP contribution in [-0.4, -0.2) is 45.2 Å². The maximum atomic E-state index is 12.3. The lowest BCUT2D eigenvalue weighted by Crippen LogP contribution is -2.26. The molecule has 0 fully saturated rings. The topological polar surface area (TPSA) is 103 Å². The van der Waals surface area contributed by atoms with Crippen LogP contribution >= 0.6 is 0 Å². The van der Waals surface area contributed by atoms with E-state index in [1.807, 2.05) is 6.92 Å². The molecule has 0 aliphatic heterocycles. The fourth-order valence-corrected chi connectivity index (χ4v) is 2.73. The third-order valence-corrected chi connectivity index (χ3v) is 4.20. The quantitative estimate of drug-likeness (QED) is 0.458. The number of methoxy groups -OCH3 is 2. The smallest absolute Gasteiger partial charge is 0.340 e. The van der Waals surface area contributed by atoms with E-state index in [0.29, 0.717) is 42.3 Å². The maximum Gasteiger partial charge on any atom is 0.340 e. The van der Waals surface area contributed by atoms with Gasteiger partial charge in [-0.1, -0.05) is 12.1 Å². The monoisotopic (exact) mass is 414 g/mol. The molecule has 0 aliphatic rings. The van der Waals surface area contributed by atoms with E-state index in [1.165, 1.54) is 20.3 Å². The molecule has 0 bridgehead atoms. The molecule has 0 saturated carbocycles. The Labute approximate surface area is 175 Å². The Bertz CT molecular complexity index is 897. The van der Waals surface area contributed by atoms with Crippen molar-refractivity contribution >= 4 is 23.5 Å². The largest absolute Gasteiger partial charge is 0.497 e. The van der Waals surface area contributed by atoms with E-state index in [4.69, 9.17) is 14.2 Å². The first-order valence-electron chi connectivity index (χ1n) is 9.56. The number of hydrogen-bond acceptors (Lipinski definition) is 6. The Kier molecular flexibility index (Phi) is 8.68. The lowest BCUT2D eigenvalue weighted by Gasteiger charge is -2.12. The summed E-state index contributed by atoms with van der Waals surface area (Å²) in [5, 5.41) is 5.48. The van der Waals surface area contributed by atoms with Gasteiger partial charge in [-0.2, -0.15) is 0 Å². The average Bonchev–Trinajstić information content (AvgIpc) is 2.77. The van der Waals surface area contributed by atoms with E-state index in [9.17, 15) is 14.4 Å². The molecular weight excluding hydrogens is 388 g/mol. The van der Waals surface area contributed by atoms with Crippen LogP contribution < -0.4 is 20.1 Å². The van der Waals surface area contributed by atoms with Crippen molar-refractivity contribution in [3.63, 3.8) is 0 Å². The number of rotatable bonds is 10. The van der Waals surface area contributed by atoms with E-state index in [0.717, 1.165) is 0 Å². The summed E-state index contributed by atoms with van der Waals surface area (Å²) in [4.78, 5) is 36.5. The zero-order valence-electron chi connectivity index (χ0n) is 17.3. The number of esters is 1. The molecule has 2 rings (SSSR count). The van der Waals surface area contributed by atoms with E-state index in [-0.39, 0.29) is 23.8 Å². The third kappa shape index (κ3) is 6.23. The minimum Gasteiger partial charge on any atom is -0.497 e. The average molecular weight is 414 g/mol. The van der Waals surface area contributed by atoms with Crippen LogP contribution in [0.2, 0.25) is 0 Å². The first-order valence-corrected chi connectivity index (χ1v) is 9.56. The minimum absolute atomic E-state index is 0.167. The first kappa shape index (κ1) is 22.7. The normalized spacial score (nSPS) is 10.1. The van der Waals surface area contributed by atoms with Crippen molar-refractivity contribution in [2.24, 2.45) is 0 Å². The Morgan fingerprint density at radius 2 is 1.77 bits per heavy atom. The van der Waals surface area contributed by atoms with Crippen molar-refractivity contribution in [2.75, 3.05) is 32.7 Å². The van der Waals surface area contributed by atoms with Crippen LogP contribution in [0.15, 0.2) is 42.5 Å². The second-order valence-electron chi connectivity index (χ2n) is 6.24. The standard InChI is InChI=1S/C22H26N2O6/c1-4-30-19-9-6-5-8-16(19)21(26)23-13-7-10-20(25)24-18-12-11-15(28-2)14-17(18)22(27)29-3/h5-6,8-9,11-12,14H,4,7,10,13H2,1-3H3,(H,23,26)(H,24,25). The highest BCUT2D eigenvalue weighted by molar-refractivity contribution is 6.01. The molecule has 2 aromatic rings. The van der Waals surface area contributed by atoms with Crippen molar-refractivity contribution in [3.05, 3.63) is 53.6 Å². The van der Waals surface area contributed by atoms with Crippen molar-refractivity contribution in [1.82, 2.24) is 5.32 Å². The molecule has 2 amide bonds. The van der Waals surface area contributed by atoms with Gasteiger partial charge in [0.1, 0.15) is 11.5 Å². The van der Waals surface area contributed by atoms with Crippen molar-refractivity contribution in [2.45, 2.75) is 19.8 Å². The Hall–Kier alpha value is -3.55. The summed E-state index contributed by atoms with van der Waals surface area (Å²) in [6.07, 6.45) is 0.595. The number of amides is 2. The number of benzene rings is 2. The van der Waals surface area contributed by atoms with E-state index in [2.05, 4.69) is 10.6 Å². The molecule has 0 atom stereocenters. The SMILES string of the molecule is CCOc1ccccc1C(=O)NCCCC(=O)Nc1ccc(OC)cc1C(=O)OC. The van der Waals surface area contributed by atoms with E-state index in [1.54, 1.807) is 36.4 Å². The number of carbonyl (C=O) groups is 3. The Balaban J connectivity index is 1.87. The van der Waals surface area contributed by atoms with Gasteiger partial charge in [-0.3, -0.25) is 9.59 Å². The highest BCUT2D eigenvalue weighted by Gasteiger charge is 2.16. The fourth-order valence-electron chi connectivity index (χ4n) is 2.73. The van der Waals surface area contributed by atoms with Gasteiger partial charge in [-0.05, 0) is 43.7 Å².